The first-order chi connectivity index (χ1) is 10.9. The standard InChI is InChI=1S/C19H33N3/c1-2-7-11-15-18(14-10-6-1)22-19(16-20-21-22)17-12-8-4-3-5-9-13-17/h16-18H,1-15H2. The van der Waals surface area contributed by atoms with Gasteiger partial charge in [0.1, 0.15) is 0 Å². The van der Waals surface area contributed by atoms with E-state index >= 15 is 0 Å². The van der Waals surface area contributed by atoms with Gasteiger partial charge in [-0.1, -0.05) is 75.8 Å². The van der Waals surface area contributed by atoms with Gasteiger partial charge < -0.3 is 0 Å². The Morgan fingerprint density at radius 2 is 1.18 bits per heavy atom. The summed E-state index contributed by atoms with van der Waals surface area (Å²) in [6.07, 6.45) is 22.9. The average molecular weight is 303 g/mol. The summed E-state index contributed by atoms with van der Waals surface area (Å²) in [5.74, 6) is 0.711. The van der Waals surface area contributed by atoms with Crippen LogP contribution in [-0.4, -0.2) is 15.0 Å². The molecular formula is C19H33N3. The molecule has 0 aliphatic heterocycles. The van der Waals surface area contributed by atoms with Crippen molar-refractivity contribution in [3.63, 3.8) is 0 Å². The van der Waals surface area contributed by atoms with E-state index in [-0.39, 0.29) is 0 Å². The molecule has 0 N–H and O–H groups in total. The Morgan fingerprint density at radius 1 is 0.682 bits per heavy atom. The minimum Gasteiger partial charge on any atom is -0.246 e. The van der Waals surface area contributed by atoms with Crippen molar-refractivity contribution in [3.05, 3.63) is 11.9 Å². The molecule has 0 spiro atoms. The van der Waals surface area contributed by atoms with Crippen LogP contribution < -0.4 is 0 Å². The van der Waals surface area contributed by atoms with Gasteiger partial charge >= 0.3 is 0 Å². The molecule has 3 rings (SSSR count). The fraction of sp³-hybridized carbons (Fsp3) is 0.895. The van der Waals surface area contributed by atoms with Crippen molar-refractivity contribution in [2.75, 3.05) is 0 Å². The quantitative estimate of drug-likeness (QED) is 0.693. The molecular weight excluding hydrogens is 270 g/mol. The van der Waals surface area contributed by atoms with Gasteiger partial charge in [0.25, 0.3) is 0 Å². The van der Waals surface area contributed by atoms with Crippen LogP contribution in [0.4, 0.5) is 0 Å². The van der Waals surface area contributed by atoms with E-state index in [1.807, 2.05) is 0 Å². The highest BCUT2D eigenvalue weighted by molar-refractivity contribution is 5.05. The Bertz CT molecular complexity index is 408. The number of hydrogen-bond acceptors (Lipinski definition) is 2. The van der Waals surface area contributed by atoms with Crippen LogP contribution in [0.2, 0.25) is 0 Å². The van der Waals surface area contributed by atoms with Crippen LogP contribution in [0.15, 0.2) is 6.20 Å². The van der Waals surface area contributed by atoms with Gasteiger partial charge in [0.15, 0.2) is 0 Å². The van der Waals surface area contributed by atoms with Crippen molar-refractivity contribution in [2.24, 2.45) is 0 Å². The maximum Gasteiger partial charge on any atom is 0.0728 e. The highest BCUT2D eigenvalue weighted by Gasteiger charge is 2.22. The van der Waals surface area contributed by atoms with Crippen LogP contribution in [0.1, 0.15) is 114 Å². The van der Waals surface area contributed by atoms with Gasteiger partial charge in [-0.2, -0.15) is 0 Å². The van der Waals surface area contributed by atoms with E-state index in [4.69, 9.17) is 0 Å². The molecule has 0 saturated heterocycles. The van der Waals surface area contributed by atoms with Crippen LogP contribution in [0, 0.1) is 0 Å². The average Bonchev–Trinajstić information content (AvgIpc) is 2.99. The van der Waals surface area contributed by atoms with Crippen molar-refractivity contribution < 1.29 is 0 Å². The molecule has 0 aromatic carbocycles. The summed E-state index contributed by atoms with van der Waals surface area (Å²) in [6, 6.07) is 0.612. The summed E-state index contributed by atoms with van der Waals surface area (Å²) in [5, 5.41) is 8.86. The second kappa shape index (κ2) is 8.69. The predicted molar refractivity (Wildman–Crippen MR) is 91.1 cm³/mol. The number of rotatable bonds is 2. The Kier molecular flexibility index (Phi) is 6.32. The van der Waals surface area contributed by atoms with Gasteiger partial charge in [-0.05, 0) is 25.7 Å². The van der Waals surface area contributed by atoms with E-state index in [2.05, 4.69) is 21.2 Å². The largest absolute Gasteiger partial charge is 0.246 e. The summed E-state index contributed by atoms with van der Waals surface area (Å²) >= 11 is 0. The minimum absolute atomic E-state index is 0.612. The topological polar surface area (TPSA) is 30.7 Å². The second-order valence-corrected chi connectivity index (χ2v) is 7.50. The molecule has 1 aromatic rings. The predicted octanol–water partition coefficient (Wildman–Crippen LogP) is 5.78. The number of aromatic nitrogens is 3. The Balaban J connectivity index is 1.71. The zero-order valence-corrected chi connectivity index (χ0v) is 14.2. The summed E-state index contributed by atoms with van der Waals surface area (Å²) < 4.78 is 2.34. The van der Waals surface area contributed by atoms with E-state index in [1.54, 1.807) is 0 Å². The molecule has 1 aromatic heterocycles. The van der Waals surface area contributed by atoms with Gasteiger partial charge in [0, 0.05) is 5.92 Å². The zero-order chi connectivity index (χ0) is 15.0. The van der Waals surface area contributed by atoms with Crippen LogP contribution >= 0.6 is 0 Å². The van der Waals surface area contributed by atoms with Gasteiger partial charge in [-0.25, -0.2) is 4.68 Å². The molecule has 0 unspecified atom stereocenters. The number of nitrogens with zero attached hydrogens (tertiary/aromatic N) is 3. The van der Waals surface area contributed by atoms with E-state index in [9.17, 15) is 0 Å². The third kappa shape index (κ3) is 4.33. The van der Waals surface area contributed by atoms with Gasteiger partial charge in [0.2, 0.25) is 0 Å². The maximum atomic E-state index is 4.54. The molecule has 124 valence electrons. The fourth-order valence-corrected chi connectivity index (χ4v) is 4.44. The molecule has 2 saturated carbocycles. The molecule has 3 heteroatoms. The lowest BCUT2D eigenvalue weighted by atomic mass is 9.88. The first-order valence-electron chi connectivity index (χ1n) is 9.85. The minimum atomic E-state index is 0.612. The van der Waals surface area contributed by atoms with Gasteiger partial charge in [-0.3, -0.25) is 0 Å². The monoisotopic (exact) mass is 303 g/mol. The lowest BCUT2D eigenvalue weighted by molar-refractivity contribution is 0.345. The van der Waals surface area contributed by atoms with Gasteiger partial charge in [-0.15, -0.1) is 5.10 Å². The highest BCUT2D eigenvalue weighted by atomic mass is 15.4. The smallest absolute Gasteiger partial charge is 0.0728 e. The zero-order valence-electron chi connectivity index (χ0n) is 14.2. The van der Waals surface area contributed by atoms with Crippen LogP contribution in [0.5, 0.6) is 0 Å². The van der Waals surface area contributed by atoms with E-state index in [0.29, 0.717) is 12.0 Å². The Labute approximate surface area is 135 Å². The van der Waals surface area contributed by atoms with Crippen molar-refractivity contribution in [3.8, 4) is 0 Å². The lowest BCUT2D eigenvalue weighted by Gasteiger charge is -2.24. The van der Waals surface area contributed by atoms with Crippen LogP contribution in [0.25, 0.3) is 0 Å². The Hall–Kier alpha value is -0.860. The third-order valence-corrected chi connectivity index (χ3v) is 5.80. The lowest BCUT2D eigenvalue weighted by Crippen LogP contribution is -2.17. The fourth-order valence-electron chi connectivity index (χ4n) is 4.44. The molecule has 0 bridgehead atoms. The number of hydrogen-bond donors (Lipinski definition) is 0. The van der Waals surface area contributed by atoms with Crippen molar-refractivity contribution >= 4 is 0 Å². The molecule has 3 nitrogen and oxygen atoms in total. The Morgan fingerprint density at radius 3 is 1.77 bits per heavy atom. The van der Waals surface area contributed by atoms with Gasteiger partial charge in [0.05, 0.1) is 17.9 Å². The third-order valence-electron chi connectivity index (χ3n) is 5.80. The summed E-state index contributed by atoms with van der Waals surface area (Å²) in [7, 11) is 0. The summed E-state index contributed by atoms with van der Waals surface area (Å²) in [4.78, 5) is 0. The first-order valence-corrected chi connectivity index (χ1v) is 9.85. The van der Waals surface area contributed by atoms with Crippen LogP contribution in [-0.2, 0) is 0 Å². The van der Waals surface area contributed by atoms with E-state index in [1.165, 1.54) is 102 Å². The molecule has 2 aliphatic rings. The summed E-state index contributed by atoms with van der Waals surface area (Å²) in [5.41, 5.74) is 1.45. The molecule has 0 radical (unpaired) electrons. The summed E-state index contributed by atoms with van der Waals surface area (Å²) in [6.45, 7) is 0. The van der Waals surface area contributed by atoms with Crippen molar-refractivity contribution in [1.82, 2.24) is 15.0 Å². The van der Waals surface area contributed by atoms with E-state index in [0.717, 1.165) is 0 Å². The molecule has 2 fully saturated rings. The molecule has 22 heavy (non-hydrogen) atoms. The van der Waals surface area contributed by atoms with Crippen LogP contribution in [0.3, 0.4) is 0 Å². The highest BCUT2D eigenvalue weighted by Crippen LogP contribution is 2.34. The first kappa shape index (κ1) is 16.0. The maximum absolute atomic E-state index is 4.54. The van der Waals surface area contributed by atoms with E-state index < -0.39 is 0 Å². The molecule has 1 heterocycles. The molecule has 0 atom stereocenters. The molecule has 2 aliphatic carbocycles. The van der Waals surface area contributed by atoms with Crippen molar-refractivity contribution in [1.29, 1.82) is 0 Å². The second-order valence-electron chi connectivity index (χ2n) is 7.50. The normalized spacial score (nSPS) is 24.0. The SMILES string of the molecule is c1nnn(C2CCCCCCCC2)c1C1CCCCCCC1. The molecule has 0 amide bonds. The van der Waals surface area contributed by atoms with Crippen molar-refractivity contribution in [2.45, 2.75) is 108 Å².